The molecule has 1 aromatic rings. The van der Waals surface area contributed by atoms with E-state index in [9.17, 15) is 4.79 Å². The second-order valence-electron chi connectivity index (χ2n) is 5.07. The quantitative estimate of drug-likeness (QED) is 0.839. The van der Waals surface area contributed by atoms with Crippen LogP contribution in [0.1, 0.15) is 37.6 Å². The predicted molar refractivity (Wildman–Crippen MR) is 65.2 cm³/mol. The minimum Gasteiger partial charge on any atom is -0.478 e. The number of aromatic carboxylic acids is 1. The van der Waals surface area contributed by atoms with E-state index in [2.05, 4.69) is 25.8 Å². The van der Waals surface area contributed by atoms with Gasteiger partial charge in [-0.15, -0.1) is 0 Å². The van der Waals surface area contributed by atoms with Crippen molar-refractivity contribution in [1.29, 1.82) is 0 Å². The molecule has 0 aliphatic rings. The van der Waals surface area contributed by atoms with Crippen LogP contribution in [-0.2, 0) is 0 Å². The van der Waals surface area contributed by atoms with Crippen LogP contribution in [0.4, 0.5) is 5.69 Å². The van der Waals surface area contributed by atoms with Crippen molar-refractivity contribution >= 4 is 11.7 Å². The molecule has 0 saturated carbocycles. The van der Waals surface area contributed by atoms with Crippen LogP contribution in [0, 0.1) is 5.41 Å². The van der Waals surface area contributed by atoms with E-state index < -0.39 is 5.97 Å². The molecule has 0 radical (unpaired) electrons. The normalized spacial score (nSPS) is 11.2. The Morgan fingerprint density at radius 1 is 1.53 bits per heavy atom. The summed E-state index contributed by atoms with van der Waals surface area (Å²) >= 11 is 0. The summed E-state index contributed by atoms with van der Waals surface area (Å²) in [7, 11) is 0. The number of rotatable bonds is 4. The average molecular weight is 238 g/mol. The lowest BCUT2D eigenvalue weighted by molar-refractivity contribution is 0.0697. The fraction of sp³-hybridized carbons (Fsp3) is 0.500. The molecule has 0 aromatic carbocycles. The first-order valence-corrected chi connectivity index (χ1v) is 5.41. The molecule has 1 heterocycles. The number of carboxylic acids is 1. The molecule has 1 aromatic heterocycles. The van der Waals surface area contributed by atoms with Gasteiger partial charge in [0.25, 0.3) is 0 Å². The van der Waals surface area contributed by atoms with Gasteiger partial charge in [-0.1, -0.05) is 20.8 Å². The van der Waals surface area contributed by atoms with Gasteiger partial charge in [0.1, 0.15) is 0 Å². The van der Waals surface area contributed by atoms with Gasteiger partial charge in [0.15, 0.2) is 0 Å². The molecule has 94 valence electrons. The van der Waals surface area contributed by atoms with E-state index in [1.807, 2.05) is 0 Å². The summed E-state index contributed by atoms with van der Waals surface area (Å²) in [6.45, 7) is 6.82. The summed E-state index contributed by atoms with van der Waals surface area (Å²) in [5, 5.41) is 8.88. The Balaban J connectivity index is 2.67. The number of carboxylic acid groups (broad SMARTS) is 1. The monoisotopic (exact) mass is 238 g/mol. The number of aromatic nitrogens is 1. The lowest BCUT2D eigenvalue weighted by Crippen LogP contribution is -2.12. The predicted octanol–water partition coefficient (Wildman–Crippen LogP) is 2.18. The Bertz CT molecular complexity index is 411. The Labute approximate surface area is 101 Å². The zero-order chi connectivity index (χ0) is 13.1. The molecule has 5 heteroatoms. The van der Waals surface area contributed by atoms with Crippen LogP contribution in [-0.4, -0.2) is 22.7 Å². The first-order valence-electron chi connectivity index (χ1n) is 5.41. The summed E-state index contributed by atoms with van der Waals surface area (Å²) in [6, 6.07) is 1.35. The van der Waals surface area contributed by atoms with Crippen molar-refractivity contribution in [3.05, 3.63) is 17.8 Å². The van der Waals surface area contributed by atoms with E-state index in [4.69, 9.17) is 15.6 Å². The van der Waals surface area contributed by atoms with Gasteiger partial charge >= 0.3 is 5.97 Å². The van der Waals surface area contributed by atoms with E-state index in [0.29, 0.717) is 12.5 Å². The molecule has 5 nitrogen and oxygen atoms in total. The van der Waals surface area contributed by atoms with Crippen LogP contribution in [0.5, 0.6) is 5.88 Å². The molecule has 0 unspecified atom stereocenters. The zero-order valence-electron chi connectivity index (χ0n) is 10.4. The van der Waals surface area contributed by atoms with E-state index in [0.717, 1.165) is 6.42 Å². The molecule has 0 aliphatic carbocycles. The van der Waals surface area contributed by atoms with Gasteiger partial charge in [0, 0.05) is 6.07 Å². The maximum atomic E-state index is 10.8. The fourth-order valence-corrected chi connectivity index (χ4v) is 1.17. The van der Waals surface area contributed by atoms with Crippen LogP contribution in [0.2, 0.25) is 0 Å². The van der Waals surface area contributed by atoms with Crippen molar-refractivity contribution in [3.8, 4) is 5.88 Å². The van der Waals surface area contributed by atoms with Gasteiger partial charge in [0.2, 0.25) is 5.88 Å². The maximum absolute atomic E-state index is 10.8. The molecule has 1 rings (SSSR count). The molecule has 0 fully saturated rings. The maximum Gasteiger partial charge on any atom is 0.338 e. The molecular weight excluding hydrogens is 220 g/mol. The van der Waals surface area contributed by atoms with Crippen molar-refractivity contribution in [2.75, 3.05) is 12.3 Å². The third-order valence-corrected chi connectivity index (χ3v) is 2.24. The Kier molecular flexibility index (Phi) is 3.93. The molecule has 3 N–H and O–H groups in total. The highest BCUT2D eigenvalue weighted by atomic mass is 16.5. The number of nitrogen functional groups attached to an aromatic ring is 1. The lowest BCUT2D eigenvalue weighted by atomic mass is 9.93. The Morgan fingerprint density at radius 2 is 2.18 bits per heavy atom. The van der Waals surface area contributed by atoms with Gasteiger partial charge in [-0.3, -0.25) is 0 Å². The van der Waals surface area contributed by atoms with E-state index in [1.54, 1.807) is 0 Å². The second-order valence-corrected chi connectivity index (χ2v) is 5.07. The average Bonchev–Trinajstić information content (AvgIpc) is 2.18. The summed E-state index contributed by atoms with van der Waals surface area (Å²) in [5.41, 5.74) is 5.82. The summed E-state index contributed by atoms with van der Waals surface area (Å²) in [6.07, 6.45) is 2.16. The Morgan fingerprint density at radius 3 is 2.71 bits per heavy atom. The minimum absolute atomic E-state index is 0.0192. The fourth-order valence-electron chi connectivity index (χ4n) is 1.17. The standard InChI is InChI=1S/C12H18N2O3/c1-12(2,3)4-5-17-10-6-8(11(15)16)9(13)7-14-10/h6-7H,4-5,13H2,1-3H3,(H,15,16). The molecule has 0 amide bonds. The van der Waals surface area contributed by atoms with Gasteiger partial charge in [-0.05, 0) is 11.8 Å². The largest absolute Gasteiger partial charge is 0.478 e. The molecule has 0 aliphatic heterocycles. The molecular formula is C12H18N2O3. The van der Waals surface area contributed by atoms with Gasteiger partial charge in [-0.25, -0.2) is 9.78 Å². The molecule has 17 heavy (non-hydrogen) atoms. The highest BCUT2D eigenvalue weighted by Gasteiger charge is 2.12. The van der Waals surface area contributed by atoms with Crippen LogP contribution >= 0.6 is 0 Å². The third kappa shape index (κ3) is 4.30. The van der Waals surface area contributed by atoms with E-state index in [1.165, 1.54) is 12.3 Å². The lowest BCUT2D eigenvalue weighted by Gasteiger charge is -2.17. The first kappa shape index (κ1) is 13.3. The number of nitrogens with two attached hydrogens (primary N) is 1. The number of pyridine rings is 1. The van der Waals surface area contributed by atoms with Crippen LogP contribution in [0.25, 0.3) is 0 Å². The van der Waals surface area contributed by atoms with Gasteiger partial charge in [-0.2, -0.15) is 0 Å². The number of carbonyl (C=O) groups is 1. The van der Waals surface area contributed by atoms with Crippen molar-refractivity contribution in [2.45, 2.75) is 27.2 Å². The summed E-state index contributed by atoms with van der Waals surface area (Å²) < 4.78 is 5.40. The number of nitrogens with zero attached hydrogens (tertiary/aromatic N) is 1. The van der Waals surface area contributed by atoms with Crippen LogP contribution in [0.3, 0.4) is 0 Å². The molecule has 0 atom stereocenters. The van der Waals surface area contributed by atoms with Gasteiger partial charge in [0.05, 0.1) is 24.1 Å². The number of hydrogen-bond donors (Lipinski definition) is 2. The summed E-state index contributed by atoms with van der Waals surface area (Å²) in [4.78, 5) is 14.8. The zero-order valence-corrected chi connectivity index (χ0v) is 10.4. The topological polar surface area (TPSA) is 85.4 Å². The number of hydrogen-bond acceptors (Lipinski definition) is 4. The van der Waals surface area contributed by atoms with Crippen molar-refractivity contribution in [3.63, 3.8) is 0 Å². The minimum atomic E-state index is -1.08. The highest BCUT2D eigenvalue weighted by molar-refractivity contribution is 5.93. The van der Waals surface area contributed by atoms with E-state index in [-0.39, 0.29) is 16.7 Å². The molecule has 0 saturated heterocycles. The smallest absolute Gasteiger partial charge is 0.338 e. The Hall–Kier alpha value is -1.78. The highest BCUT2D eigenvalue weighted by Crippen LogP contribution is 2.20. The molecule has 0 spiro atoms. The van der Waals surface area contributed by atoms with Crippen LogP contribution < -0.4 is 10.5 Å². The van der Waals surface area contributed by atoms with Crippen molar-refractivity contribution < 1.29 is 14.6 Å². The summed E-state index contributed by atoms with van der Waals surface area (Å²) in [5.74, 6) is -0.786. The van der Waals surface area contributed by atoms with E-state index >= 15 is 0 Å². The van der Waals surface area contributed by atoms with Crippen molar-refractivity contribution in [2.24, 2.45) is 5.41 Å². The first-order chi connectivity index (χ1) is 7.79. The van der Waals surface area contributed by atoms with Gasteiger partial charge < -0.3 is 15.6 Å². The number of ether oxygens (including phenoxy) is 1. The molecule has 0 bridgehead atoms. The third-order valence-electron chi connectivity index (χ3n) is 2.24. The number of anilines is 1. The SMILES string of the molecule is CC(C)(C)CCOc1cc(C(=O)O)c(N)cn1. The van der Waals surface area contributed by atoms with Crippen LogP contribution in [0.15, 0.2) is 12.3 Å². The second kappa shape index (κ2) is 5.03. The van der Waals surface area contributed by atoms with Crippen molar-refractivity contribution in [1.82, 2.24) is 4.98 Å².